The van der Waals surface area contributed by atoms with Gasteiger partial charge in [-0.25, -0.2) is 0 Å². The van der Waals surface area contributed by atoms with Gasteiger partial charge in [0.25, 0.3) is 0 Å². The predicted molar refractivity (Wildman–Crippen MR) is 99.0 cm³/mol. The van der Waals surface area contributed by atoms with Crippen LogP contribution in [-0.4, -0.2) is 11.1 Å². The second-order valence-corrected chi connectivity index (χ2v) is 6.94. The Bertz CT molecular complexity index is 768. The number of carboxylic acid groups (broad SMARTS) is 1. The van der Waals surface area contributed by atoms with Crippen molar-refractivity contribution < 1.29 is 9.90 Å². The highest BCUT2D eigenvalue weighted by molar-refractivity contribution is 5.77. The number of aliphatic carboxylic acids is 1. The minimum atomic E-state index is -0.833. The number of benzene rings is 2. The number of rotatable bonds is 4. The predicted octanol–water partition coefficient (Wildman–Crippen LogP) is 5.23. The monoisotopic (exact) mass is 320 g/mol. The lowest BCUT2D eigenvalue weighted by Gasteiger charge is -2.23. The smallest absolute Gasteiger partial charge is 0.311 e. The van der Waals surface area contributed by atoms with E-state index in [0.29, 0.717) is 6.42 Å². The molecule has 0 spiro atoms. The van der Waals surface area contributed by atoms with Gasteiger partial charge in [0.2, 0.25) is 0 Å². The maximum atomic E-state index is 11.5. The summed E-state index contributed by atoms with van der Waals surface area (Å²) in [5, 5.41) is 9.42. The molecule has 0 radical (unpaired) electrons. The zero-order valence-electron chi connectivity index (χ0n) is 14.8. The Balaban J connectivity index is 2.39. The third kappa shape index (κ3) is 4.06. The molecule has 1 N–H and O–H groups in total. The van der Waals surface area contributed by atoms with Crippen LogP contribution in [0.15, 0.2) is 48.5 Å². The molecule has 2 rings (SSSR count). The van der Waals surface area contributed by atoms with Crippen molar-refractivity contribution in [1.29, 1.82) is 0 Å². The molecule has 2 aromatic carbocycles. The summed E-state index contributed by atoms with van der Waals surface area (Å²) in [4.78, 5) is 11.5. The lowest BCUT2D eigenvalue weighted by Crippen LogP contribution is -2.13. The Hall–Kier alpha value is -2.53. The fourth-order valence-electron chi connectivity index (χ4n) is 2.84. The van der Waals surface area contributed by atoms with Crippen LogP contribution in [-0.2, 0) is 10.2 Å². The standard InChI is InChI=1S/C22H24O2/c1-5-6-9-19(21(23)24)17-14-12-16(13-15-17)18-10-7-8-11-20(18)22(2,3)4/h7-8,10-15,19H,9H2,1-4H3,(H,23,24). The molecule has 0 bridgehead atoms. The first-order valence-electron chi connectivity index (χ1n) is 8.17. The molecule has 2 aromatic rings. The van der Waals surface area contributed by atoms with Gasteiger partial charge in [0.1, 0.15) is 0 Å². The third-order valence-electron chi connectivity index (χ3n) is 4.14. The molecule has 124 valence electrons. The lowest BCUT2D eigenvalue weighted by atomic mass is 9.81. The molecule has 24 heavy (non-hydrogen) atoms. The Morgan fingerprint density at radius 1 is 1.08 bits per heavy atom. The minimum Gasteiger partial charge on any atom is -0.481 e. The molecular weight excluding hydrogens is 296 g/mol. The van der Waals surface area contributed by atoms with Gasteiger partial charge in [0.15, 0.2) is 0 Å². The number of carbonyl (C=O) groups is 1. The molecule has 0 fully saturated rings. The van der Waals surface area contributed by atoms with Crippen LogP contribution in [0, 0.1) is 11.8 Å². The average molecular weight is 320 g/mol. The average Bonchev–Trinajstić information content (AvgIpc) is 2.55. The van der Waals surface area contributed by atoms with Gasteiger partial charge >= 0.3 is 5.97 Å². The summed E-state index contributed by atoms with van der Waals surface area (Å²) >= 11 is 0. The number of hydrogen-bond acceptors (Lipinski definition) is 1. The minimum absolute atomic E-state index is 0.0512. The highest BCUT2D eigenvalue weighted by atomic mass is 16.4. The van der Waals surface area contributed by atoms with Gasteiger partial charge in [-0.15, -0.1) is 11.8 Å². The van der Waals surface area contributed by atoms with Crippen molar-refractivity contribution in [3.05, 3.63) is 59.7 Å². The molecule has 0 aliphatic heterocycles. The van der Waals surface area contributed by atoms with Crippen molar-refractivity contribution in [3.63, 3.8) is 0 Å². The summed E-state index contributed by atoms with van der Waals surface area (Å²) in [5.74, 6) is 4.23. The Labute approximate surface area is 144 Å². The van der Waals surface area contributed by atoms with E-state index in [2.05, 4.69) is 50.8 Å². The maximum absolute atomic E-state index is 11.5. The second-order valence-electron chi connectivity index (χ2n) is 6.94. The van der Waals surface area contributed by atoms with Crippen LogP contribution in [0.4, 0.5) is 0 Å². The SMILES string of the molecule is CC#CCC(C(=O)O)c1ccc(-c2ccccc2C(C)(C)C)cc1. The molecule has 0 aromatic heterocycles. The zero-order chi connectivity index (χ0) is 17.7. The van der Waals surface area contributed by atoms with Crippen molar-refractivity contribution in [2.75, 3.05) is 0 Å². The van der Waals surface area contributed by atoms with Crippen LogP contribution in [0.3, 0.4) is 0 Å². The van der Waals surface area contributed by atoms with Crippen LogP contribution in [0.2, 0.25) is 0 Å². The van der Waals surface area contributed by atoms with Crippen LogP contribution in [0.5, 0.6) is 0 Å². The van der Waals surface area contributed by atoms with E-state index in [1.165, 1.54) is 11.1 Å². The van der Waals surface area contributed by atoms with E-state index in [0.717, 1.165) is 11.1 Å². The van der Waals surface area contributed by atoms with E-state index in [1.807, 2.05) is 30.3 Å². The van der Waals surface area contributed by atoms with Gasteiger partial charge in [-0.2, -0.15) is 0 Å². The van der Waals surface area contributed by atoms with E-state index in [9.17, 15) is 9.90 Å². The summed E-state index contributed by atoms with van der Waals surface area (Å²) < 4.78 is 0. The molecule has 0 aliphatic rings. The second kappa shape index (κ2) is 7.36. The Kier molecular flexibility index (Phi) is 5.46. The quantitative estimate of drug-likeness (QED) is 0.783. The van der Waals surface area contributed by atoms with E-state index in [4.69, 9.17) is 0 Å². The fraction of sp³-hybridized carbons (Fsp3) is 0.318. The molecule has 0 amide bonds. The first-order chi connectivity index (χ1) is 11.3. The van der Waals surface area contributed by atoms with E-state index in [1.54, 1.807) is 6.92 Å². The van der Waals surface area contributed by atoms with Gasteiger partial charge in [-0.1, -0.05) is 69.3 Å². The van der Waals surface area contributed by atoms with Crippen molar-refractivity contribution in [1.82, 2.24) is 0 Å². The molecule has 1 unspecified atom stereocenters. The topological polar surface area (TPSA) is 37.3 Å². The normalized spacial score (nSPS) is 12.2. The number of carboxylic acids is 1. The summed E-state index contributed by atoms with van der Waals surface area (Å²) in [6.45, 7) is 8.32. The molecule has 0 saturated carbocycles. The lowest BCUT2D eigenvalue weighted by molar-refractivity contribution is -0.138. The van der Waals surface area contributed by atoms with Crippen LogP contribution in [0.1, 0.15) is 51.2 Å². The van der Waals surface area contributed by atoms with Gasteiger partial charge < -0.3 is 5.11 Å². The first kappa shape index (κ1) is 17.8. The largest absolute Gasteiger partial charge is 0.481 e. The summed E-state index contributed by atoms with van der Waals surface area (Å²) in [5.41, 5.74) is 4.42. The van der Waals surface area contributed by atoms with Gasteiger partial charge in [-0.05, 0) is 34.6 Å². The van der Waals surface area contributed by atoms with Crippen molar-refractivity contribution in [2.24, 2.45) is 0 Å². The zero-order valence-corrected chi connectivity index (χ0v) is 14.8. The first-order valence-corrected chi connectivity index (χ1v) is 8.17. The number of hydrogen-bond donors (Lipinski definition) is 1. The van der Waals surface area contributed by atoms with Crippen LogP contribution in [0.25, 0.3) is 11.1 Å². The molecule has 2 heteroatoms. The molecule has 0 aliphatic carbocycles. The molecule has 2 nitrogen and oxygen atoms in total. The van der Waals surface area contributed by atoms with Gasteiger partial charge in [-0.3, -0.25) is 4.79 Å². The summed E-state index contributed by atoms with van der Waals surface area (Å²) in [6.07, 6.45) is 0.337. The fourth-order valence-corrected chi connectivity index (χ4v) is 2.84. The van der Waals surface area contributed by atoms with Gasteiger partial charge in [0, 0.05) is 6.42 Å². The van der Waals surface area contributed by atoms with E-state index in [-0.39, 0.29) is 5.41 Å². The highest BCUT2D eigenvalue weighted by Crippen LogP contribution is 2.33. The molecule has 0 heterocycles. The van der Waals surface area contributed by atoms with Gasteiger partial charge in [0.05, 0.1) is 5.92 Å². The Morgan fingerprint density at radius 2 is 1.71 bits per heavy atom. The van der Waals surface area contributed by atoms with Crippen LogP contribution >= 0.6 is 0 Å². The molecule has 0 saturated heterocycles. The van der Waals surface area contributed by atoms with Crippen molar-refractivity contribution >= 4 is 5.97 Å². The van der Waals surface area contributed by atoms with Crippen molar-refractivity contribution in [3.8, 4) is 23.0 Å². The van der Waals surface area contributed by atoms with Crippen LogP contribution < -0.4 is 0 Å². The highest BCUT2D eigenvalue weighted by Gasteiger charge is 2.20. The summed E-state index contributed by atoms with van der Waals surface area (Å²) in [7, 11) is 0. The molecule has 1 atom stereocenters. The summed E-state index contributed by atoms with van der Waals surface area (Å²) in [6, 6.07) is 16.2. The van der Waals surface area contributed by atoms with E-state index >= 15 is 0 Å². The van der Waals surface area contributed by atoms with E-state index < -0.39 is 11.9 Å². The van der Waals surface area contributed by atoms with Crippen molar-refractivity contribution in [2.45, 2.75) is 45.4 Å². The molecular formula is C22H24O2. The third-order valence-corrected chi connectivity index (χ3v) is 4.14. The Morgan fingerprint density at radius 3 is 2.25 bits per heavy atom. The maximum Gasteiger partial charge on any atom is 0.311 e.